The van der Waals surface area contributed by atoms with Crippen molar-refractivity contribution in [3.8, 4) is 0 Å². The molecule has 0 aromatic carbocycles. The average Bonchev–Trinajstić information content (AvgIpc) is 2.31. The highest BCUT2D eigenvalue weighted by Crippen LogP contribution is 2.15. The van der Waals surface area contributed by atoms with Crippen molar-refractivity contribution in [1.29, 1.82) is 0 Å². The fourth-order valence-electron chi connectivity index (χ4n) is 2.24. The molecule has 0 saturated carbocycles. The van der Waals surface area contributed by atoms with Crippen LogP contribution in [-0.2, 0) is 14.0 Å². The summed E-state index contributed by atoms with van der Waals surface area (Å²) in [4.78, 5) is 23.6. The van der Waals surface area contributed by atoms with Gasteiger partial charge in [-0.3, -0.25) is 14.5 Å². The Hall–Kier alpha value is -0.923. The molecule has 0 saturated heterocycles. The Labute approximate surface area is 121 Å². The molecule has 0 aliphatic carbocycles. The zero-order valence-corrected chi connectivity index (χ0v) is 13.9. The van der Waals surface area contributed by atoms with Crippen LogP contribution in [0.4, 0.5) is 0 Å². The van der Waals surface area contributed by atoms with Gasteiger partial charge in [-0.15, -0.1) is 0 Å². The van der Waals surface area contributed by atoms with Crippen molar-refractivity contribution >= 4 is 20.3 Å². The number of carboxylic acid groups (broad SMARTS) is 2. The first kappa shape index (κ1) is 19.1. The van der Waals surface area contributed by atoms with Crippen LogP contribution in [0.3, 0.4) is 0 Å². The van der Waals surface area contributed by atoms with Crippen molar-refractivity contribution in [3.05, 3.63) is 0 Å². The summed E-state index contributed by atoms with van der Waals surface area (Å²) in [5.74, 6) is -2.16. The topological polar surface area (TPSA) is 87.1 Å². The summed E-state index contributed by atoms with van der Waals surface area (Å²) < 4.78 is 5.73. The molecule has 0 fully saturated rings. The lowest BCUT2D eigenvalue weighted by molar-refractivity contribution is -0.149. The Bertz CT molecular complexity index is 322. The molecular formula is C13H27NO5Si. The molecule has 1 atom stereocenters. The molecule has 0 aliphatic rings. The number of rotatable bonds is 11. The molecule has 0 spiro atoms. The van der Waals surface area contributed by atoms with Crippen molar-refractivity contribution in [1.82, 2.24) is 4.90 Å². The van der Waals surface area contributed by atoms with Gasteiger partial charge >= 0.3 is 11.9 Å². The summed E-state index contributed by atoms with van der Waals surface area (Å²) in [5, 5.41) is 17.9. The van der Waals surface area contributed by atoms with Crippen molar-refractivity contribution in [2.24, 2.45) is 0 Å². The van der Waals surface area contributed by atoms with Crippen LogP contribution < -0.4 is 0 Å². The fourth-order valence-corrected chi connectivity index (χ4v) is 4.18. The minimum Gasteiger partial charge on any atom is -0.481 e. The standard InChI is InChI=1S/C13H27NO5Si/c1-5-14(11(13(17)18)10-12(15)16)8-7-9-20(3,4)19-6-2/h11H,5-10H2,1-4H3,(H,15,16)(H,17,18)/t11-/m0/s1. The van der Waals surface area contributed by atoms with E-state index < -0.39 is 26.3 Å². The quantitative estimate of drug-likeness (QED) is 0.567. The zero-order valence-electron chi connectivity index (χ0n) is 12.9. The third kappa shape index (κ3) is 7.61. The normalized spacial score (nSPS) is 13.4. The molecule has 0 aromatic rings. The summed E-state index contributed by atoms with van der Waals surface area (Å²) in [5.41, 5.74) is 0. The van der Waals surface area contributed by atoms with E-state index in [-0.39, 0.29) is 6.42 Å². The molecule has 0 unspecified atom stereocenters. The first-order chi connectivity index (χ1) is 9.23. The van der Waals surface area contributed by atoms with Gasteiger partial charge in [0.2, 0.25) is 0 Å². The molecule has 118 valence electrons. The largest absolute Gasteiger partial charge is 0.481 e. The molecule has 0 radical (unpaired) electrons. The smallest absolute Gasteiger partial charge is 0.321 e. The molecule has 6 nitrogen and oxygen atoms in total. The maximum absolute atomic E-state index is 11.2. The second kappa shape index (κ2) is 9.09. The summed E-state index contributed by atoms with van der Waals surface area (Å²) in [6.45, 7) is 9.92. The molecule has 0 heterocycles. The molecule has 0 rings (SSSR count). The molecule has 0 amide bonds. The lowest BCUT2D eigenvalue weighted by Crippen LogP contribution is -2.43. The lowest BCUT2D eigenvalue weighted by Gasteiger charge is -2.28. The zero-order chi connectivity index (χ0) is 15.8. The minimum atomic E-state index is -1.67. The first-order valence-corrected chi connectivity index (χ1v) is 10.2. The molecule has 0 bridgehead atoms. The number of carboxylic acids is 2. The highest BCUT2D eigenvalue weighted by molar-refractivity contribution is 6.71. The van der Waals surface area contributed by atoms with Gasteiger partial charge in [-0.05, 0) is 45.6 Å². The van der Waals surface area contributed by atoms with Crippen LogP contribution in [0.15, 0.2) is 0 Å². The summed E-state index contributed by atoms with van der Waals surface area (Å²) >= 11 is 0. The fraction of sp³-hybridized carbons (Fsp3) is 0.846. The molecule has 0 aromatic heterocycles. The summed E-state index contributed by atoms with van der Waals surface area (Å²) in [6.07, 6.45) is 0.464. The Morgan fingerprint density at radius 3 is 2.25 bits per heavy atom. The Kier molecular flexibility index (Phi) is 8.67. The van der Waals surface area contributed by atoms with Crippen LogP contribution in [0.5, 0.6) is 0 Å². The number of likely N-dealkylation sites (N-methyl/N-ethyl adjacent to an activating group) is 1. The van der Waals surface area contributed by atoms with Crippen molar-refractivity contribution in [2.75, 3.05) is 19.7 Å². The Morgan fingerprint density at radius 1 is 1.25 bits per heavy atom. The van der Waals surface area contributed by atoms with Gasteiger partial charge < -0.3 is 14.6 Å². The van der Waals surface area contributed by atoms with Crippen molar-refractivity contribution in [3.63, 3.8) is 0 Å². The molecular weight excluding hydrogens is 278 g/mol. The van der Waals surface area contributed by atoms with Gasteiger partial charge in [0.25, 0.3) is 0 Å². The van der Waals surface area contributed by atoms with Crippen LogP contribution in [-0.4, -0.2) is 61.1 Å². The van der Waals surface area contributed by atoms with E-state index in [1.54, 1.807) is 4.90 Å². The van der Waals surface area contributed by atoms with E-state index in [9.17, 15) is 9.59 Å². The van der Waals surface area contributed by atoms with E-state index in [1.165, 1.54) is 0 Å². The maximum atomic E-state index is 11.2. The maximum Gasteiger partial charge on any atom is 0.321 e. The second-order valence-electron chi connectivity index (χ2n) is 5.38. The second-order valence-corrected chi connectivity index (χ2v) is 9.68. The van der Waals surface area contributed by atoms with E-state index >= 15 is 0 Å². The Morgan fingerprint density at radius 2 is 1.85 bits per heavy atom. The Balaban J connectivity index is 4.44. The van der Waals surface area contributed by atoms with Gasteiger partial charge in [0.05, 0.1) is 6.42 Å². The van der Waals surface area contributed by atoms with Crippen LogP contribution in [0.1, 0.15) is 26.7 Å². The predicted octanol–water partition coefficient (Wildman–Crippen LogP) is 1.87. The third-order valence-corrected chi connectivity index (χ3v) is 5.89. The van der Waals surface area contributed by atoms with Crippen LogP contribution in [0.2, 0.25) is 19.1 Å². The van der Waals surface area contributed by atoms with Crippen molar-refractivity contribution < 1.29 is 24.2 Å². The molecule has 2 N–H and O–H groups in total. The number of aliphatic carboxylic acids is 2. The summed E-state index contributed by atoms with van der Waals surface area (Å²) in [7, 11) is -1.67. The molecule has 0 aliphatic heterocycles. The first-order valence-electron chi connectivity index (χ1n) is 7.06. The van der Waals surface area contributed by atoms with Crippen LogP contribution in [0.25, 0.3) is 0 Å². The van der Waals surface area contributed by atoms with E-state index in [0.29, 0.717) is 19.7 Å². The van der Waals surface area contributed by atoms with Gasteiger partial charge in [0.15, 0.2) is 8.32 Å². The van der Waals surface area contributed by atoms with E-state index in [4.69, 9.17) is 14.6 Å². The molecule has 20 heavy (non-hydrogen) atoms. The third-order valence-electron chi connectivity index (χ3n) is 3.26. The minimum absolute atomic E-state index is 0.366. The van der Waals surface area contributed by atoms with Gasteiger partial charge in [-0.2, -0.15) is 0 Å². The summed E-state index contributed by atoms with van der Waals surface area (Å²) in [6, 6.07) is -0.00843. The van der Waals surface area contributed by atoms with E-state index in [0.717, 1.165) is 12.5 Å². The van der Waals surface area contributed by atoms with E-state index in [1.807, 2.05) is 13.8 Å². The van der Waals surface area contributed by atoms with Crippen LogP contribution >= 0.6 is 0 Å². The SMILES string of the molecule is CCO[Si](C)(C)CCCN(CC)[C@@H](CC(=O)O)C(=O)O. The highest BCUT2D eigenvalue weighted by Gasteiger charge is 2.28. The number of nitrogens with zero attached hydrogens (tertiary/aromatic N) is 1. The molecule has 7 heteroatoms. The van der Waals surface area contributed by atoms with Crippen LogP contribution in [0, 0.1) is 0 Å². The lowest BCUT2D eigenvalue weighted by atomic mass is 10.1. The number of hydrogen-bond donors (Lipinski definition) is 2. The predicted molar refractivity (Wildman–Crippen MR) is 79.5 cm³/mol. The van der Waals surface area contributed by atoms with Gasteiger partial charge in [0.1, 0.15) is 6.04 Å². The number of hydrogen-bond acceptors (Lipinski definition) is 4. The highest BCUT2D eigenvalue weighted by atomic mass is 28.4. The van der Waals surface area contributed by atoms with E-state index in [2.05, 4.69) is 13.1 Å². The van der Waals surface area contributed by atoms with Crippen molar-refractivity contribution in [2.45, 2.75) is 51.9 Å². The monoisotopic (exact) mass is 305 g/mol. The average molecular weight is 305 g/mol. The van der Waals surface area contributed by atoms with Gasteiger partial charge in [-0.25, -0.2) is 0 Å². The van der Waals surface area contributed by atoms with Gasteiger partial charge in [-0.1, -0.05) is 6.92 Å². The number of carbonyl (C=O) groups is 2. The van der Waals surface area contributed by atoms with Gasteiger partial charge in [0, 0.05) is 6.61 Å².